The fourth-order valence-corrected chi connectivity index (χ4v) is 7.15. The number of nitrogens with zero attached hydrogens (tertiary/aromatic N) is 4. The Balaban J connectivity index is 0.639. The number of carbonyl (C=O) groups is 1. The van der Waals surface area contributed by atoms with Gasteiger partial charge in [-0.1, -0.05) is 6.07 Å². The molecule has 1 spiro atoms. The summed E-state index contributed by atoms with van der Waals surface area (Å²) in [6.07, 6.45) is 0. The third-order valence-corrected chi connectivity index (χ3v) is 10.2. The number of fused-ring (bicyclic) bond motifs is 6. The van der Waals surface area contributed by atoms with Crippen LogP contribution in [0.25, 0.3) is 11.4 Å². The number of thiocarbonyl (C=S) groups is 1. The van der Waals surface area contributed by atoms with Crippen LogP contribution >= 0.6 is 12.2 Å². The van der Waals surface area contributed by atoms with E-state index in [1.165, 1.54) is 24.3 Å². The average molecular weight is 929 g/mol. The van der Waals surface area contributed by atoms with Crippen molar-refractivity contribution in [2.24, 2.45) is 0 Å². The maximum Gasteiger partial charge on any atom is 0.340 e. The highest BCUT2D eigenvalue weighted by Crippen LogP contribution is 2.57. The normalized spacial score (nSPS) is 13.1. The second-order valence-corrected chi connectivity index (χ2v) is 15.0. The second kappa shape index (κ2) is 24.4. The van der Waals surface area contributed by atoms with E-state index in [1.807, 2.05) is 24.3 Å². The van der Waals surface area contributed by atoms with Crippen LogP contribution in [0.15, 0.2) is 78.9 Å². The third kappa shape index (κ3) is 13.0. The van der Waals surface area contributed by atoms with Gasteiger partial charge < -0.3 is 68.2 Å². The molecule has 0 saturated heterocycles. The van der Waals surface area contributed by atoms with Crippen molar-refractivity contribution >= 4 is 29.0 Å². The number of phenolic OH excluding ortho intramolecular Hbond substituents is 2. The molecule has 3 heterocycles. The van der Waals surface area contributed by atoms with Crippen LogP contribution in [-0.4, -0.2) is 147 Å². The number of ether oxygens (including phenoxy) is 10. The summed E-state index contributed by atoms with van der Waals surface area (Å²) in [5, 5.41) is 42.7. The van der Waals surface area contributed by atoms with Gasteiger partial charge in [0.15, 0.2) is 16.5 Å². The van der Waals surface area contributed by atoms with Crippen LogP contribution in [0.4, 0.5) is 5.69 Å². The first-order valence-corrected chi connectivity index (χ1v) is 21.8. The molecule has 0 bridgehead atoms. The maximum atomic E-state index is 13.4. The number of benzene rings is 4. The lowest BCUT2D eigenvalue weighted by Crippen LogP contribution is -2.33. The third-order valence-electron chi connectivity index (χ3n) is 9.98. The standard InChI is InChI=1S/C46H52N6O13S/c1-31-49-51-43(52-50-31)32-2-7-36(8-3-32)63-27-26-62-25-24-61-23-22-60-21-20-59-19-18-58-17-16-57-15-14-56-13-12-47-45(66)48-33-4-9-38-37(28-33)44(55)65-46(38)39-10-5-34(53)29-41(39)64-42-30-35(54)6-11-40(42)46/h2-11,28-30,53-54H,12-27H2,1H3,(H2,47,48,66). The molecule has 0 saturated carbocycles. The van der Waals surface area contributed by atoms with Crippen molar-refractivity contribution in [2.75, 3.05) is 111 Å². The highest BCUT2D eigenvalue weighted by Gasteiger charge is 2.53. The number of nitrogens with one attached hydrogen (secondary N) is 2. The number of rotatable bonds is 27. The van der Waals surface area contributed by atoms with Crippen LogP contribution in [0.5, 0.6) is 28.7 Å². The Hall–Kier alpha value is -6.10. The van der Waals surface area contributed by atoms with Gasteiger partial charge in [0.2, 0.25) is 5.82 Å². The zero-order valence-corrected chi connectivity index (χ0v) is 37.2. The van der Waals surface area contributed by atoms with Crippen LogP contribution in [0.2, 0.25) is 0 Å². The summed E-state index contributed by atoms with van der Waals surface area (Å²) in [5.41, 5.74) is 2.09. The summed E-state index contributed by atoms with van der Waals surface area (Å²) in [7, 11) is 0. The van der Waals surface area contributed by atoms with Gasteiger partial charge in [-0.15, -0.1) is 20.4 Å². The van der Waals surface area contributed by atoms with E-state index >= 15 is 0 Å². The molecule has 2 aliphatic rings. The van der Waals surface area contributed by atoms with E-state index in [9.17, 15) is 15.0 Å². The Labute approximate surface area is 386 Å². The Morgan fingerprint density at radius 3 is 1.62 bits per heavy atom. The fraction of sp³-hybridized carbons (Fsp3) is 0.391. The lowest BCUT2D eigenvalue weighted by atomic mass is 9.77. The summed E-state index contributed by atoms with van der Waals surface area (Å²) in [4.78, 5) is 13.4. The highest BCUT2D eigenvalue weighted by atomic mass is 32.1. The molecule has 0 amide bonds. The Kier molecular flexibility index (Phi) is 17.7. The first-order chi connectivity index (χ1) is 32.3. The van der Waals surface area contributed by atoms with E-state index in [2.05, 4.69) is 31.0 Å². The Morgan fingerprint density at radius 1 is 0.606 bits per heavy atom. The first-order valence-electron chi connectivity index (χ1n) is 21.4. The molecule has 0 aliphatic carbocycles. The van der Waals surface area contributed by atoms with Crippen LogP contribution in [0.3, 0.4) is 0 Å². The van der Waals surface area contributed by atoms with Gasteiger partial charge in [-0.05, 0) is 79.8 Å². The van der Waals surface area contributed by atoms with Crippen LogP contribution in [0, 0.1) is 6.92 Å². The van der Waals surface area contributed by atoms with Crippen LogP contribution in [-0.2, 0) is 43.5 Å². The molecule has 5 aromatic rings. The Bertz CT molecular complexity index is 2310. The highest BCUT2D eigenvalue weighted by molar-refractivity contribution is 7.80. The summed E-state index contributed by atoms with van der Waals surface area (Å²) in [6.45, 7) is 8.82. The zero-order chi connectivity index (χ0) is 46.0. The van der Waals surface area contributed by atoms with Crippen molar-refractivity contribution < 1.29 is 62.4 Å². The molecule has 0 atom stereocenters. The second-order valence-electron chi connectivity index (χ2n) is 14.6. The lowest BCUT2D eigenvalue weighted by Gasteiger charge is -2.36. The topological polar surface area (TPSA) is 225 Å². The van der Waals surface area contributed by atoms with Gasteiger partial charge in [0.05, 0.1) is 98.1 Å². The summed E-state index contributed by atoms with van der Waals surface area (Å²) < 4.78 is 56.7. The number of carbonyl (C=O) groups excluding carboxylic acids is 1. The monoisotopic (exact) mass is 928 g/mol. The molecule has 350 valence electrons. The molecule has 20 heteroatoms. The maximum absolute atomic E-state index is 13.4. The molecular weight excluding hydrogens is 877 g/mol. The summed E-state index contributed by atoms with van der Waals surface area (Å²) >= 11 is 5.47. The molecular formula is C46H52N6O13S. The molecule has 0 fully saturated rings. The van der Waals surface area contributed by atoms with E-state index in [0.717, 1.165) is 11.3 Å². The number of aromatic nitrogens is 4. The van der Waals surface area contributed by atoms with Crippen LogP contribution < -0.4 is 20.1 Å². The van der Waals surface area contributed by atoms with Gasteiger partial charge in [0.1, 0.15) is 35.4 Å². The van der Waals surface area contributed by atoms with Crippen molar-refractivity contribution in [1.29, 1.82) is 0 Å². The number of aryl methyl sites for hydroxylation is 1. The number of anilines is 1. The molecule has 0 unspecified atom stereocenters. The number of hydrogen-bond acceptors (Lipinski definition) is 18. The minimum absolute atomic E-state index is 0.0134. The first kappa shape index (κ1) is 47.9. The van der Waals surface area contributed by atoms with Crippen molar-refractivity contribution in [3.8, 4) is 40.1 Å². The van der Waals surface area contributed by atoms with Gasteiger partial charge in [-0.3, -0.25) is 0 Å². The zero-order valence-electron chi connectivity index (χ0n) is 36.4. The molecule has 4 N–H and O–H groups in total. The minimum Gasteiger partial charge on any atom is -0.508 e. The smallest absolute Gasteiger partial charge is 0.340 e. The number of hydrogen-bond donors (Lipinski definition) is 4. The number of esters is 1. The van der Waals surface area contributed by atoms with Gasteiger partial charge in [-0.25, -0.2) is 4.79 Å². The van der Waals surface area contributed by atoms with E-state index in [4.69, 9.17) is 59.6 Å². The van der Waals surface area contributed by atoms with Crippen molar-refractivity contribution in [3.63, 3.8) is 0 Å². The summed E-state index contributed by atoms with van der Waals surface area (Å²) in [5.74, 6) is 1.76. The molecule has 19 nitrogen and oxygen atoms in total. The predicted octanol–water partition coefficient (Wildman–Crippen LogP) is 4.70. The number of phenols is 2. The van der Waals surface area contributed by atoms with Crippen molar-refractivity contribution in [2.45, 2.75) is 12.5 Å². The van der Waals surface area contributed by atoms with E-state index in [0.29, 0.717) is 162 Å². The van der Waals surface area contributed by atoms with E-state index in [1.54, 1.807) is 37.3 Å². The SMILES string of the molecule is Cc1nnc(-c2ccc(OCCOCCOCCOCCOCCOCCOCCOCCNC(=S)Nc3ccc4c(c3)C(=O)OC43c4ccc(O)cc4Oc4cc(O)ccc43)cc2)nn1. The minimum atomic E-state index is -1.34. The quantitative estimate of drug-likeness (QED) is 0.0318. The molecule has 1 aromatic heterocycles. The molecule has 66 heavy (non-hydrogen) atoms. The Morgan fingerprint density at radius 2 is 1.09 bits per heavy atom. The predicted molar refractivity (Wildman–Crippen MR) is 241 cm³/mol. The average Bonchev–Trinajstić information content (AvgIpc) is 3.60. The van der Waals surface area contributed by atoms with Gasteiger partial charge in [0.25, 0.3) is 0 Å². The largest absolute Gasteiger partial charge is 0.508 e. The summed E-state index contributed by atoms with van der Waals surface area (Å²) in [6, 6.07) is 21.9. The molecule has 0 radical (unpaired) electrons. The van der Waals surface area contributed by atoms with Crippen LogP contribution in [0.1, 0.15) is 32.9 Å². The molecule has 2 aliphatic heterocycles. The molecule has 4 aromatic carbocycles. The van der Waals surface area contributed by atoms with Gasteiger partial charge >= 0.3 is 5.97 Å². The van der Waals surface area contributed by atoms with Crippen molar-refractivity contribution in [3.05, 3.63) is 107 Å². The van der Waals surface area contributed by atoms with Gasteiger partial charge in [-0.2, -0.15) is 0 Å². The van der Waals surface area contributed by atoms with Gasteiger partial charge in [0, 0.05) is 46.6 Å². The van der Waals surface area contributed by atoms with E-state index in [-0.39, 0.29) is 11.5 Å². The number of aromatic hydroxyl groups is 2. The lowest BCUT2D eigenvalue weighted by molar-refractivity contribution is -0.0210. The molecule has 7 rings (SSSR count). The fourth-order valence-electron chi connectivity index (χ4n) is 6.93. The van der Waals surface area contributed by atoms with E-state index < -0.39 is 11.6 Å². The van der Waals surface area contributed by atoms with Crippen molar-refractivity contribution in [1.82, 2.24) is 25.7 Å².